The van der Waals surface area contributed by atoms with Crippen LogP contribution in [0.25, 0.3) is 0 Å². The number of aryl methyl sites for hydroxylation is 1. The zero-order chi connectivity index (χ0) is 13.1. The number of nitrogens with two attached hydrogens (primary N) is 1. The molecule has 94 valence electrons. The Labute approximate surface area is 112 Å². The van der Waals surface area contributed by atoms with Crippen molar-refractivity contribution in [3.05, 3.63) is 40.2 Å². The van der Waals surface area contributed by atoms with E-state index in [0.29, 0.717) is 5.69 Å². The minimum atomic E-state index is -0.550. The van der Waals surface area contributed by atoms with Gasteiger partial charge in [-0.2, -0.15) is 4.98 Å². The van der Waals surface area contributed by atoms with Crippen LogP contribution in [0.3, 0.4) is 0 Å². The maximum atomic E-state index is 13.5. The van der Waals surface area contributed by atoms with Gasteiger partial charge in [-0.1, -0.05) is 22.0 Å². The predicted molar refractivity (Wildman–Crippen MR) is 72.0 cm³/mol. The van der Waals surface area contributed by atoms with Crippen molar-refractivity contribution in [2.75, 3.05) is 10.7 Å². The lowest BCUT2D eigenvalue weighted by Gasteiger charge is -2.09. The van der Waals surface area contributed by atoms with Crippen LogP contribution in [0.4, 0.5) is 21.8 Å². The molecule has 0 fully saturated rings. The molecule has 0 atom stereocenters. The highest BCUT2D eigenvalue weighted by Gasteiger charge is 2.07. The van der Waals surface area contributed by atoms with Crippen molar-refractivity contribution in [2.24, 2.45) is 5.84 Å². The maximum Gasteiger partial charge on any atom is 0.239 e. The molecule has 0 aliphatic heterocycles. The molecule has 2 rings (SSSR count). The predicted octanol–water partition coefficient (Wildman–Crippen LogP) is 2.72. The highest BCUT2D eigenvalue weighted by atomic mass is 79.9. The topological polar surface area (TPSA) is 75.9 Å². The fourth-order valence-corrected chi connectivity index (χ4v) is 1.71. The second-order valence-electron chi connectivity index (χ2n) is 3.62. The molecule has 1 heterocycles. The van der Waals surface area contributed by atoms with Crippen molar-refractivity contribution in [3.8, 4) is 0 Å². The molecule has 0 spiro atoms. The molecule has 0 amide bonds. The van der Waals surface area contributed by atoms with Gasteiger partial charge in [0, 0.05) is 10.2 Å². The van der Waals surface area contributed by atoms with Crippen molar-refractivity contribution >= 4 is 33.4 Å². The fraction of sp³-hybridized carbons (Fsp3) is 0.0909. The number of hydrazine groups is 1. The van der Waals surface area contributed by atoms with Gasteiger partial charge in [0.1, 0.15) is 0 Å². The van der Waals surface area contributed by atoms with Gasteiger partial charge in [0.2, 0.25) is 5.95 Å². The van der Waals surface area contributed by atoms with Gasteiger partial charge in [0.15, 0.2) is 11.6 Å². The van der Waals surface area contributed by atoms with Crippen LogP contribution in [0, 0.1) is 12.7 Å². The van der Waals surface area contributed by atoms with Crippen LogP contribution < -0.4 is 16.6 Å². The SMILES string of the molecule is Cc1ccc(Nc2nc(NN)ncc2F)cc1Br. The number of hydrogen-bond donors (Lipinski definition) is 3. The third kappa shape index (κ3) is 2.74. The maximum absolute atomic E-state index is 13.5. The summed E-state index contributed by atoms with van der Waals surface area (Å²) in [5, 5.41) is 2.86. The highest BCUT2D eigenvalue weighted by Crippen LogP contribution is 2.24. The van der Waals surface area contributed by atoms with Crippen molar-refractivity contribution in [1.82, 2.24) is 9.97 Å². The molecule has 5 nitrogen and oxygen atoms in total. The van der Waals surface area contributed by atoms with Crippen LogP contribution in [0.1, 0.15) is 5.56 Å². The van der Waals surface area contributed by atoms with Crippen molar-refractivity contribution < 1.29 is 4.39 Å². The van der Waals surface area contributed by atoms with Crippen molar-refractivity contribution in [3.63, 3.8) is 0 Å². The lowest BCUT2D eigenvalue weighted by Crippen LogP contribution is -2.12. The van der Waals surface area contributed by atoms with E-state index in [1.807, 2.05) is 25.1 Å². The summed E-state index contributed by atoms with van der Waals surface area (Å²) in [5.41, 5.74) is 4.07. The standard InChI is InChI=1S/C11H11BrFN5/c1-6-2-3-7(4-8(6)12)16-10-9(13)5-15-11(17-10)18-14/h2-5H,14H2,1H3,(H2,15,16,17,18). The molecule has 0 aliphatic carbocycles. The molecule has 7 heteroatoms. The average molecular weight is 312 g/mol. The summed E-state index contributed by atoms with van der Waals surface area (Å²) in [6.45, 7) is 1.97. The Hall–Kier alpha value is -1.73. The van der Waals surface area contributed by atoms with Gasteiger partial charge in [-0.05, 0) is 24.6 Å². The molecule has 0 bridgehead atoms. The van der Waals surface area contributed by atoms with E-state index in [0.717, 1.165) is 16.2 Å². The first-order chi connectivity index (χ1) is 8.60. The first-order valence-corrected chi connectivity index (χ1v) is 5.92. The lowest BCUT2D eigenvalue weighted by molar-refractivity contribution is 0.619. The van der Waals surface area contributed by atoms with Crippen LogP contribution in [-0.4, -0.2) is 9.97 Å². The van der Waals surface area contributed by atoms with Crippen molar-refractivity contribution in [2.45, 2.75) is 6.92 Å². The summed E-state index contributed by atoms with van der Waals surface area (Å²) >= 11 is 3.41. The first kappa shape index (κ1) is 12.7. The van der Waals surface area contributed by atoms with Gasteiger partial charge in [0.25, 0.3) is 0 Å². The molecule has 1 aromatic heterocycles. The van der Waals surface area contributed by atoms with Gasteiger partial charge < -0.3 is 5.32 Å². The molecule has 2 aromatic rings. The molecular weight excluding hydrogens is 301 g/mol. The highest BCUT2D eigenvalue weighted by molar-refractivity contribution is 9.10. The molecule has 0 saturated carbocycles. The number of rotatable bonds is 3. The van der Waals surface area contributed by atoms with E-state index >= 15 is 0 Å². The number of nitrogens with zero attached hydrogens (tertiary/aromatic N) is 2. The molecule has 1 aromatic carbocycles. The average Bonchev–Trinajstić information content (AvgIpc) is 2.36. The normalized spacial score (nSPS) is 10.2. The molecule has 0 aliphatic rings. The van der Waals surface area contributed by atoms with Crippen LogP contribution in [-0.2, 0) is 0 Å². The van der Waals surface area contributed by atoms with Gasteiger partial charge in [0.05, 0.1) is 6.20 Å². The molecule has 0 unspecified atom stereocenters. The lowest BCUT2D eigenvalue weighted by atomic mass is 10.2. The number of nitrogens with one attached hydrogen (secondary N) is 2. The van der Waals surface area contributed by atoms with E-state index in [1.54, 1.807) is 0 Å². The largest absolute Gasteiger partial charge is 0.338 e. The zero-order valence-electron chi connectivity index (χ0n) is 9.54. The Morgan fingerprint density at radius 2 is 2.17 bits per heavy atom. The van der Waals surface area contributed by atoms with Gasteiger partial charge in [-0.25, -0.2) is 15.2 Å². The number of halogens is 2. The summed E-state index contributed by atoms with van der Waals surface area (Å²) in [5.74, 6) is 4.83. The van der Waals surface area contributed by atoms with Gasteiger partial charge in [-0.3, -0.25) is 5.43 Å². The Kier molecular flexibility index (Phi) is 3.73. The molecule has 0 saturated heterocycles. The third-order valence-electron chi connectivity index (χ3n) is 2.31. The van der Waals surface area contributed by atoms with E-state index in [4.69, 9.17) is 5.84 Å². The Bertz CT molecular complexity index is 575. The monoisotopic (exact) mass is 311 g/mol. The number of nitrogen functional groups attached to an aromatic ring is 1. The number of anilines is 3. The first-order valence-electron chi connectivity index (χ1n) is 5.12. The Morgan fingerprint density at radius 3 is 2.83 bits per heavy atom. The van der Waals surface area contributed by atoms with Crippen molar-refractivity contribution in [1.29, 1.82) is 0 Å². The van der Waals surface area contributed by atoms with E-state index in [2.05, 4.69) is 36.6 Å². The second kappa shape index (κ2) is 5.28. The number of benzene rings is 1. The zero-order valence-corrected chi connectivity index (χ0v) is 11.1. The molecule has 4 N–H and O–H groups in total. The second-order valence-corrected chi connectivity index (χ2v) is 4.48. The molecule has 0 radical (unpaired) electrons. The van der Waals surface area contributed by atoms with E-state index in [-0.39, 0.29) is 11.8 Å². The van der Waals surface area contributed by atoms with Crippen LogP contribution >= 0.6 is 15.9 Å². The van der Waals surface area contributed by atoms with Gasteiger partial charge in [-0.15, -0.1) is 0 Å². The van der Waals surface area contributed by atoms with E-state index in [1.165, 1.54) is 0 Å². The van der Waals surface area contributed by atoms with E-state index in [9.17, 15) is 4.39 Å². The third-order valence-corrected chi connectivity index (χ3v) is 3.16. The number of hydrogen-bond acceptors (Lipinski definition) is 5. The molecular formula is C11H11BrFN5. The smallest absolute Gasteiger partial charge is 0.239 e. The van der Waals surface area contributed by atoms with Crippen LogP contribution in [0.15, 0.2) is 28.9 Å². The van der Waals surface area contributed by atoms with Gasteiger partial charge >= 0.3 is 0 Å². The Balaban J connectivity index is 2.30. The fourth-order valence-electron chi connectivity index (χ4n) is 1.33. The summed E-state index contributed by atoms with van der Waals surface area (Å²) in [6, 6.07) is 5.58. The minimum absolute atomic E-state index is 0.0636. The van der Waals surface area contributed by atoms with Crippen LogP contribution in [0.5, 0.6) is 0 Å². The number of aromatic nitrogens is 2. The van der Waals surface area contributed by atoms with Crippen LogP contribution in [0.2, 0.25) is 0 Å². The molecule has 18 heavy (non-hydrogen) atoms. The summed E-state index contributed by atoms with van der Waals surface area (Å²) in [6.07, 6.45) is 1.05. The Morgan fingerprint density at radius 1 is 1.39 bits per heavy atom. The van der Waals surface area contributed by atoms with E-state index < -0.39 is 5.82 Å². The quantitative estimate of drug-likeness (QED) is 0.600. The summed E-state index contributed by atoms with van der Waals surface area (Å²) in [4.78, 5) is 7.55. The minimum Gasteiger partial charge on any atom is -0.338 e. The summed E-state index contributed by atoms with van der Waals surface area (Å²) < 4.78 is 14.4. The summed E-state index contributed by atoms with van der Waals surface area (Å²) in [7, 11) is 0.